The van der Waals surface area contributed by atoms with E-state index in [9.17, 15) is 4.79 Å². The number of carbonyl (C=O) groups is 1. The van der Waals surface area contributed by atoms with Gasteiger partial charge in [0, 0.05) is 17.2 Å². The summed E-state index contributed by atoms with van der Waals surface area (Å²) >= 11 is 6.03. The molecule has 2 aromatic rings. The molecule has 0 radical (unpaired) electrons. The third-order valence-electron chi connectivity index (χ3n) is 3.72. The highest BCUT2D eigenvalue weighted by Crippen LogP contribution is 2.27. The molecule has 8 heteroatoms. The Morgan fingerprint density at radius 3 is 3.22 bits per heavy atom. The fraction of sp³-hybridized carbons (Fsp3) is 0.400. The van der Waals surface area contributed by atoms with Crippen LogP contribution < -0.4 is 10.1 Å². The topological polar surface area (TPSA) is 89.1 Å². The molecule has 1 amide bonds. The van der Waals surface area contributed by atoms with E-state index in [1.807, 2.05) is 6.92 Å². The first-order valence-electron chi connectivity index (χ1n) is 7.29. The van der Waals surface area contributed by atoms with Crippen LogP contribution in [0.3, 0.4) is 0 Å². The predicted molar refractivity (Wildman–Crippen MR) is 83.3 cm³/mol. The van der Waals surface area contributed by atoms with E-state index in [2.05, 4.69) is 20.5 Å². The van der Waals surface area contributed by atoms with E-state index in [0.717, 1.165) is 5.56 Å². The second-order valence-corrected chi connectivity index (χ2v) is 5.68. The van der Waals surface area contributed by atoms with E-state index in [0.29, 0.717) is 29.6 Å². The highest BCUT2D eigenvalue weighted by Gasteiger charge is 2.33. The van der Waals surface area contributed by atoms with Crippen LogP contribution >= 0.6 is 11.6 Å². The lowest BCUT2D eigenvalue weighted by atomic mass is 10.1. The second kappa shape index (κ2) is 6.97. The predicted octanol–water partition coefficient (Wildman–Crippen LogP) is 1.79. The zero-order valence-corrected chi connectivity index (χ0v) is 13.3. The number of aromatic nitrogens is 3. The molecular weight excluding hydrogens is 320 g/mol. The Hall–Kier alpha value is -2.12. The van der Waals surface area contributed by atoms with Crippen LogP contribution in [0.5, 0.6) is 5.75 Å². The fourth-order valence-electron chi connectivity index (χ4n) is 2.49. The molecule has 2 N–H and O–H groups in total. The number of nitrogens with zero attached hydrogens (tertiary/aromatic N) is 2. The van der Waals surface area contributed by atoms with Crippen LogP contribution in [0.15, 0.2) is 24.5 Å². The first kappa shape index (κ1) is 15.8. The van der Waals surface area contributed by atoms with Gasteiger partial charge < -0.3 is 14.8 Å². The fourth-order valence-corrected chi connectivity index (χ4v) is 2.66. The van der Waals surface area contributed by atoms with Gasteiger partial charge in [-0.05, 0) is 25.5 Å². The summed E-state index contributed by atoms with van der Waals surface area (Å²) in [6.07, 6.45) is 1.82. The molecule has 7 nitrogen and oxygen atoms in total. The third-order valence-corrected chi connectivity index (χ3v) is 4.13. The van der Waals surface area contributed by atoms with Gasteiger partial charge in [0.25, 0.3) is 5.91 Å². The molecule has 2 atom stereocenters. The van der Waals surface area contributed by atoms with Crippen LogP contribution in [0.2, 0.25) is 5.02 Å². The molecule has 0 unspecified atom stereocenters. The molecule has 1 saturated heterocycles. The van der Waals surface area contributed by atoms with E-state index in [-0.39, 0.29) is 24.7 Å². The summed E-state index contributed by atoms with van der Waals surface area (Å²) in [4.78, 5) is 16.2. The molecule has 2 heterocycles. The van der Waals surface area contributed by atoms with E-state index < -0.39 is 0 Å². The van der Waals surface area contributed by atoms with Gasteiger partial charge in [-0.25, -0.2) is 4.98 Å². The van der Waals surface area contributed by atoms with Crippen molar-refractivity contribution in [1.29, 1.82) is 0 Å². The van der Waals surface area contributed by atoms with Crippen molar-refractivity contribution in [3.63, 3.8) is 0 Å². The number of hydrogen-bond acceptors (Lipinski definition) is 5. The van der Waals surface area contributed by atoms with Gasteiger partial charge in [0.1, 0.15) is 18.2 Å². The van der Waals surface area contributed by atoms with Crippen molar-refractivity contribution in [1.82, 2.24) is 20.5 Å². The summed E-state index contributed by atoms with van der Waals surface area (Å²) in [7, 11) is 0. The lowest BCUT2D eigenvalue weighted by Gasteiger charge is -2.18. The normalized spacial score (nSPS) is 20.4. The number of halogens is 1. The molecule has 0 bridgehead atoms. The van der Waals surface area contributed by atoms with Crippen LogP contribution in [-0.2, 0) is 9.53 Å². The van der Waals surface area contributed by atoms with Gasteiger partial charge in [-0.15, -0.1) is 0 Å². The van der Waals surface area contributed by atoms with E-state index in [1.54, 1.807) is 18.2 Å². The first-order valence-corrected chi connectivity index (χ1v) is 7.67. The van der Waals surface area contributed by atoms with Gasteiger partial charge in [0.2, 0.25) is 0 Å². The maximum Gasteiger partial charge on any atom is 0.258 e. The van der Waals surface area contributed by atoms with Crippen molar-refractivity contribution in [3.05, 3.63) is 40.9 Å². The number of nitrogens with one attached hydrogen (secondary N) is 2. The summed E-state index contributed by atoms with van der Waals surface area (Å²) in [6, 6.07) is 5.19. The molecule has 122 valence electrons. The Morgan fingerprint density at radius 2 is 2.43 bits per heavy atom. The molecule has 23 heavy (non-hydrogen) atoms. The van der Waals surface area contributed by atoms with Crippen molar-refractivity contribution in [3.8, 4) is 5.75 Å². The summed E-state index contributed by atoms with van der Waals surface area (Å²) in [5.41, 5.74) is 0.811. The van der Waals surface area contributed by atoms with Crippen molar-refractivity contribution < 1.29 is 14.3 Å². The summed E-state index contributed by atoms with van der Waals surface area (Å²) in [5.74, 6) is 0.992. The molecule has 1 aromatic carbocycles. The monoisotopic (exact) mass is 336 g/mol. The molecule has 0 saturated carbocycles. The van der Waals surface area contributed by atoms with Gasteiger partial charge in [0.15, 0.2) is 12.4 Å². The zero-order chi connectivity index (χ0) is 16.2. The van der Waals surface area contributed by atoms with Crippen LogP contribution in [0.4, 0.5) is 0 Å². The average molecular weight is 337 g/mol. The van der Waals surface area contributed by atoms with Crippen LogP contribution in [0.25, 0.3) is 0 Å². The van der Waals surface area contributed by atoms with Crippen molar-refractivity contribution in [2.24, 2.45) is 0 Å². The lowest BCUT2D eigenvalue weighted by molar-refractivity contribution is -0.124. The quantitative estimate of drug-likeness (QED) is 0.869. The molecule has 1 aromatic heterocycles. The van der Waals surface area contributed by atoms with Crippen molar-refractivity contribution in [2.75, 3.05) is 13.2 Å². The van der Waals surface area contributed by atoms with Crippen LogP contribution in [0, 0.1) is 6.92 Å². The zero-order valence-electron chi connectivity index (χ0n) is 12.6. The van der Waals surface area contributed by atoms with Gasteiger partial charge in [-0.3, -0.25) is 9.89 Å². The summed E-state index contributed by atoms with van der Waals surface area (Å²) in [5, 5.41) is 10.1. The smallest absolute Gasteiger partial charge is 0.258 e. The Balaban J connectivity index is 1.56. The summed E-state index contributed by atoms with van der Waals surface area (Å²) < 4.78 is 11.1. The van der Waals surface area contributed by atoms with Crippen molar-refractivity contribution in [2.45, 2.75) is 25.5 Å². The number of ether oxygens (including phenoxy) is 2. The molecule has 3 rings (SSSR count). The van der Waals surface area contributed by atoms with Gasteiger partial charge >= 0.3 is 0 Å². The van der Waals surface area contributed by atoms with Gasteiger partial charge in [0.05, 0.1) is 6.04 Å². The maximum atomic E-state index is 12.1. The van der Waals surface area contributed by atoms with E-state index >= 15 is 0 Å². The third kappa shape index (κ3) is 3.62. The number of hydrogen-bond donors (Lipinski definition) is 2. The Labute approximate surface area is 138 Å². The molecule has 1 aliphatic heterocycles. The SMILES string of the molecule is Cc1c(Cl)cccc1OCC(=O)N[C@H]1CCO[C@H]1c1ncn[nH]1. The Bertz CT molecular complexity index is 677. The average Bonchev–Trinajstić information content (AvgIpc) is 3.19. The van der Waals surface area contributed by atoms with Gasteiger partial charge in [-0.2, -0.15) is 5.10 Å². The van der Waals surface area contributed by atoms with Gasteiger partial charge in [-0.1, -0.05) is 17.7 Å². The maximum absolute atomic E-state index is 12.1. The molecule has 0 spiro atoms. The Kier molecular flexibility index (Phi) is 4.78. The first-order chi connectivity index (χ1) is 11.1. The van der Waals surface area contributed by atoms with Crippen LogP contribution in [-0.4, -0.2) is 40.3 Å². The molecule has 1 fully saturated rings. The number of rotatable bonds is 5. The second-order valence-electron chi connectivity index (χ2n) is 5.28. The van der Waals surface area contributed by atoms with E-state index in [1.165, 1.54) is 6.33 Å². The number of H-pyrrole nitrogens is 1. The number of benzene rings is 1. The van der Waals surface area contributed by atoms with Crippen molar-refractivity contribution >= 4 is 17.5 Å². The number of aromatic amines is 1. The number of amides is 1. The Morgan fingerprint density at radius 1 is 1.57 bits per heavy atom. The number of carbonyl (C=O) groups excluding carboxylic acids is 1. The molecule has 1 aliphatic rings. The molecule has 0 aliphatic carbocycles. The highest BCUT2D eigenvalue weighted by atomic mass is 35.5. The minimum atomic E-state index is -0.311. The highest BCUT2D eigenvalue weighted by molar-refractivity contribution is 6.31. The van der Waals surface area contributed by atoms with Crippen LogP contribution in [0.1, 0.15) is 23.9 Å². The lowest BCUT2D eigenvalue weighted by Crippen LogP contribution is -2.39. The minimum absolute atomic E-state index is 0.0825. The molecular formula is C15H17ClN4O3. The van der Waals surface area contributed by atoms with E-state index in [4.69, 9.17) is 21.1 Å². The minimum Gasteiger partial charge on any atom is -0.483 e. The summed E-state index contributed by atoms with van der Waals surface area (Å²) in [6.45, 7) is 2.33. The standard InChI is InChI=1S/C15H17ClN4O3/c1-9-10(16)3-2-4-12(9)23-7-13(21)19-11-5-6-22-14(11)15-17-8-18-20-15/h2-4,8,11,14H,5-7H2,1H3,(H,19,21)(H,17,18,20)/t11-,14+/m0/s1. The largest absolute Gasteiger partial charge is 0.483 e.